The molecule has 2 fully saturated rings. The molecule has 0 aliphatic carbocycles. The molecule has 2 aliphatic rings. The van der Waals surface area contributed by atoms with Crippen LogP contribution in [-0.4, -0.2) is 61.0 Å². The van der Waals surface area contributed by atoms with Crippen LogP contribution in [0.4, 0.5) is 4.39 Å². The van der Waals surface area contributed by atoms with Gasteiger partial charge in [0.2, 0.25) is 0 Å². The number of nitrogens with one attached hydrogen (secondary N) is 1. The minimum absolute atomic E-state index is 0.0656. The van der Waals surface area contributed by atoms with Gasteiger partial charge in [-0.15, -0.1) is 0 Å². The van der Waals surface area contributed by atoms with Crippen molar-refractivity contribution in [2.45, 2.75) is 37.8 Å². The number of piperidine rings is 2. The van der Waals surface area contributed by atoms with E-state index >= 15 is 0 Å². The van der Waals surface area contributed by atoms with Crippen LogP contribution < -0.4 is 5.32 Å². The van der Waals surface area contributed by atoms with Crippen molar-refractivity contribution in [1.29, 1.82) is 0 Å². The maximum atomic E-state index is 13.9. The van der Waals surface area contributed by atoms with Crippen molar-refractivity contribution in [2.75, 3.05) is 33.2 Å². The Kier molecular flexibility index (Phi) is 5.74. The van der Waals surface area contributed by atoms with Crippen molar-refractivity contribution in [3.05, 3.63) is 34.6 Å². The molecule has 1 unspecified atom stereocenters. The number of amides is 1. The van der Waals surface area contributed by atoms with Gasteiger partial charge in [0.05, 0.1) is 5.56 Å². The van der Waals surface area contributed by atoms with Crippen molar-refractivity contribution in [3.8, 4) is 0 Å². The minimum atomic E-state index is -0.567. The van der Waals surface area contributed by atoms with Gasteiger partial charge in [-0.05, 0) is 70.6 Å². The van der Waals surface area contributed by atoms with Crippen molar-refractivity contribution in [1.82, 2.24) is 15.1 Å². The molecule has 0 radical (unpaired) electrons. The van der Waals surface area contributed by atoms with Crippen LogP contribution in [-0.2, 0) is 0 Å². The molecule has 2 saturated heterocycles. The van der Waals surface area contributed by atoms with E-state index in [1.807, 2.05) is 0 Å². The second-order valence-corrected chi connectivity index (χ2v) is 7.40. The molecule has 1 atom stereocenters. The first-order chi connectivity index (χ1) is 11.5. The summed E-state index contributed by atoms with van der Waals surface area (Å²) in [5.41, 5.74) is 0.0656. The Bertz CT molecular complexity index is 590. The molecule has 1 aromatic carbocycles. The number of hydrogen-bond donors (Lipinski definition) is 1. The number of hydrogen-bond acceptors (Lipinski definition) is 3. The first kappa shape index (κ1) is 17.6. The summed E-state index contributed by atoms with van der Waals surface area (Å²) in [6.07, 6.45) is 4.39. The molecule has 24 heavy (non-hydrogen) atoms. The zero-order valence-electron chi connectivity index (χ0n) is 14.1. The summed E-state index contributed by atoms with van der Waals surface area (Å²) in [6.45, 7) is 4.22. The highest BCUT2D eigenvalue weighted by Gasteiger charge is 2.29. The van der Waals surface area contributed by atoms with E-state index in [1.54, 1.807) is 6.07 Å². The van der Waals surface area contributed by atoms with Gasteiger partial charge in [-0.2, -0.15) is 0 Å². The maximum Gasteiger partial charge on any atom is 0.254 e. The normalized spacial score (nSPS) is 24.0. The summed E-state index contributed by atoms with van der Waals surface area (Å²) in [6, 6.07) is 4.87. The highest BCUT2D eigenvalue weighted by molar-refractivity contribution is 6.30. The molecule has 2 aliphatic heterocycles. The van der Waals surface area contributed by atoms with E-state index in [9.17, 15) is 9.18 Å². The maximum absolute atomic E-state index is 13.9. The number of carbonyl (C=O) groups is 1. The van der Waals surface area contributed by atoms with E-state index in [4.69, 9.17) is 11.6 Å². The van der Waals surface area contributed by atoms with Gasteiger partial charge in [0.25, 0.3) is 5.91 Å². The van der Waals surface area contributed by atoms with Crippen LogP contribution in [0.5, 0.6) is 0 Å². The summed E-state index contributed by atoms with van der Waals surface area (Å²) < 4.78 is 13.9. The first-order valence-electron chi connectivity index (χ1n) is 8.71. The topological polar surface area (TPSA) is 35.6 Å². The highest BCUT2D eigenvalue weighted by Crippen LogP contribution is 2.21. The van der Waals surface area contributed by atoms with Crippen molar-refractivity contribution in [3.63, 3.8) is 0 Å². The number of nitrogens with zero attached hydrogens (tertiary/aromatic N) is 2. The fourth-order valence-electron chi connectivity index (χ4n) is 3.75. The van der Waals surface area contributed by atoms with Gasteiger partial charge < -0.3 is 10.2 Å². The molecule has 2 heterocycles. The lowest BCUT2D eigenvalue weighted by molar-refractivity contribution is 0.0763. The van der Waals surface area contributed by atoms with E-state index in [-0.39, 0.29) is 17.5 Å². The average molecular weight is 354 g/mol. The summed E-state index contributed by atoms with van der Waals surface area (Å²) in [5.74, 6) is -0.914. The third-order valence-corrected chi connectivity index (χ3v) is 5.40. The van der Waals surface area contributed by atoms with E-state index in [2.05, 4.69) is 22.2 Å². The number of benzene rings is 1. The molecule has 0 spiro atoms. The Labute approximate surface area is 147 Å². The Morgan fingerprint density at radius 2 is 2.00 bits per heavy atom. The monoisotopic (exact) mass is 353 g/mol. The molecule has 4 nitrogen and oxygen atoms in total. The summed E-state index contributed by atoms with van der Waals surface area (Å²) in [5, 5.41) is 3.30. The van der Waals surface area contributed by atoms with Gasteiger partial charge >= 0.3 is 0 Å². The van der Waals surface area contributed by atoms with Crippen molar-refractivity contribution >= 4 is 17.5 Å². The molecular weight excluding hydrogens is 329 g/mol. The number of carbonyl (C=O) groups excluding carboxylic acids is 1. The second-order valence-electron chi connectivity index (χ2n) is 6.97. The van der Waals surface area contributed by atoms with Crippen LogP contribution in [0.1, 0.15) is 36.0 Å². The van der Waals surface area contributed by atoms with E-state index in [1.165, 1.54) is 25.0 Å². The Morgan fingerprint density at radius 3 is 2.71 bits per heavy atom. The predicted molar refractivity (Wildman–Crippen MR) is 94.0 cm³/mol. The second kappa shape index (κ2) is 7.81. The smallest absolute Gasteiger partial charge is 0.254 e. The van der Waals surface area contributed by atoms with E-state index in [0.29, 0.717) is 11.1 Å². The molecule has 1 N–H and O–H groups in total. The molecule has 0 bridgehead atoms. The summed E-state index contributed by atoms with van der Waals surface area (Å²) in [4.78, 5) is 17.2. The van der Waals surface area contributed by atoms with E-state index < -0.39 is 5.82 Å². The molecule has 6 heteroatoms. The molecule has 3 rings (SSSR count). The minimum Gasteiger partial charge on any atom is -0.348 e. The Balaban J connectivity index is 1.58. The highest BCUT2D eigenvalue weighted by atomic mass is 35.5. The fourth-order valence-corrected chi connectivity index (χ4v) is 3.91. The van der Waals surface area contributed by atoms with Crippen molar-refractivity contribution in [2.24, 2.45) is 0 Å². The van der Waals surface area contributed by atoms with Crippen LogP contribution in [0.3, 0.4) is 0 Å². The average Bonchev–Trinajstić information content (AvgIpc) is 2.55. The van der Waals surface area contributed by atoms with Crippen LogP contribution in [0.25, 0.3) is 0 Å². The third-order valence-electron chi connectivity index (χ3n) is 5.17. The molecule has 1 aromatic rings. The predicted octanol–water partition coefficient (Wildman–Crippen LogP) is 2.77. The molecule has 1 amide bonds. The molecule has 132 valence electrons. The van der Waals surface area contributed by atoms with Crippen LogP contribution >= 0.6 is 11.6 Å². The fraction of sp³-hybridized carbons (Fsp3) is 0.611. The lowest BCUT2D eigenvalue weighted by atomic mass is 9.98. The largest absolute Gasteiger partial charge is 0.348 e. The SMILES string of the molecule is CN1CCC(N2CCCC(NC(=O)c3ccc(Cl)cc3F)C2)CC1. The quantitative estimate of drug-likeness (QED) is 0.907. The Hall–Kier alpha value is -1.17. The van der Waals surface area contributed by atoms with Crippen LogP contribution in [0.2, 0.25) is 5.02 Å². The van der Waals surface area contributed by atoms with Gasteiger partial charge in [-0.1, -0.05) is 11.6 Å². The first-order valence-corrected chi connectivity index (χ1v) is 9.09. The van der Waals surface area contributed by atoms with Gasteiger partial charge in [0.15, 0.2) is 0 Å². The van der Waals surface area contributed by atoms with Crippen LogP contribution in [0.15, 0.2) is 18.2 Å². The van der Waals surface area contributed by atoms with Gasteiger partial charge in [-0.3, -0.25) is 9.69 Å². The molecular formula is C18H25ClFN3O. The third kappa shape index (κ3) is 4.26. The Morgan fingerprint density at radius 1 is 1.25 bits per heavy atom. The van der Waals surface area contributed by atoms with Gasteiger partial charge in [-0.25, -0.2) is 4.39 Å². The number of likely N-dealkylation sites (tertiary alicyclic amines) is 2. The van der Waals surface area contributed by atoms with Gasteiger partial charge in [0.1, 0.15) is 5.82 Å². The molecule has 0 aromatic heterocycles. The number of rotatable bonds is 3. The van der Waals surface area contributed by atoms with E-state index in [0.717, 1.165) is 39.0 Å². The van der Waals surface area contributed by atoms with Crippen LogP contribution in [0, 0.1) is 5.82 Å². The van der Waals surface area contributed by atoms with Crippen molar-refractivity contribution < 1.29 is 9.18 Å². The zero-order chi connectivity index (χ0) is 17.1. The summed E-state index contributed by atoms with van der Waals surface area (Å²) in [7, 11) is 2.16. The lowest BCUT2D eigenvalue weighted by Crippen LogP contribution is -2.53. The zero-order valence-corrected chi connectivity index (χ0v) is 14.9. The van der Waals surface area contributed by atoms with Gasteiger partial charge in [0, 0.05) is 23.7 Å². The lowest BCUT2D eigenvalue weighted by Gasteiger charge is -2.41. The number of halogens is 2. The standard InChI is InChI=1S/C18H25ClFN3O/c1-22-9-6-15(7-10-22)23-8-2-3-14(12-23)21-18(24)16-5-4-13(19)11-17(16)20/h4-5,11,14-15H,2-3,6-10,12H2,1H3,(H,21,24). The summed E-state index contributed by atoms with van der Waals surface area (Å²) >= 11 is 5.75. The molecule has 0 saturated carbocycles.